The SMILES string of the molecule is CCC1CCC2=C1CCCC2=O. The lowest BCUT2D eigenvalue weighted by Crippen LogP contribution is -2.10. The van der Waals surface area contributed by atoms with Crippen molar-refractivity contribution in [2.24, 2.45) is 5.92 Å². The molecule has 0 aliphatic heterocycles. The fourth-order valence-electron chi connectivity index (χ4n) is 2.61. The minimum absolute atomic E-state index is 0.451. The van der Waals surface area contributed by atoms with Gasteiger partial charge in [0, 0.05) is 6.42 Å². The van der Waals surface area contributed by atoms with Gasteiger partial charge >= 0.3 is 0 Å². The minimum atomic E-state index is 0.451. The highest BCUT2D eigenvalue weighted by atomic mass is 16.1. The van der Waals surface area contributed by atoms with Gasteiger partial charge in [-0.25, -0.2) is 0 Å². The van der Waals surface area contributed by atoms with Crippen molar-refractivity contribution in [2.45, 2.75) is 45.4 Å². The molecule has 0 aromatic heterocycles. The van der Waals surface area contributed by atoms with E-state index < -0.39 is 0 Å². The maximum atomic E-state index is 11.5. The number of hydrogen-bond acceptors (Lipinski definition) is 1. The van der Waals surface area contributed by atoms with E-state index in [0.29, 0.717) is 5.78 Å². The Morgan fingerprint density at radius 3 is 2.92 bits per heavy atom. The highest BCUT2D eigenvalue weighted by molar-refractivity contribution is 5.97. The summed E-state index contributed by atoms with van der Waals surface area (Å²) in [6.45, 7) is 2.24. The Bertz CT molecular complexity index is 237. The van der Waals surface area contributed by atoms with Crippen LogP contribution in [0.4, 0.5) is 0 Å². The Labute approximate surface area is 73.8 Å². The van der Waals surface area contributed by atoms with Gasteiger partial charge < -0.3 is 0 Å². The van der Waals surface area contributed by atoms with Crippen molar-refractivity contribution in [1.82, 2.24) is 0 Å². The smallest absolute Gasteiger partial charge is 0.158 e. The van der Waals surface area contributed by atoms with Crippen molar-refractivity contribution < 1.29 is 4.79 Å². The third kappa shape index (κ3) is 1.12. The molecule has 0 heterocycles. The van der Waals surface area contributed by atoms with E-state index in [1.165, 1.54) is 30.4 Å². The second-order valence-electron chi connectivity index (χ2n) is 3.92. The summed E-state index contributed by atoms with van der Waals surface area (Å²) in [4.78, 5) is 11.5. The molecule has 2 rings (SSSR count). The number of rotatable bonds is 1. The van der Waals surface area contributed by atoms with Gasteiger partial charge in [0.05, 0.1) is 0 Å². The van der Waals surface area contributed by atoms with E-state index in [0.717, 1.165) is 25.2 Å². The van der Waals surface area contributed by atoms with Gasteiger partial charge in [-0.1, -0.05) is 12.5 Å². The third-order valence-corrected chi connectivity index (χ3v) is 3.30. The summed E-state index contributed by atoms with van der Waals surface area (Å²) in [5.41, 5.74) is 2.74. The first kappa shape index (κ1) is 8.03. The van der Waals surface area contributed by atoms with Crippen LogP contribution in [0.5, 0.6) is 0 Å². The molecule has 1 atom stereocenters. The first-order valence-corrected chi connectivity index (χ1v) is 5.08. The lowest BCUT2D eigenvalue weighted by atomic mass is 9.88. The van der Waals surface area contributed by atoms with E-state index in [1.807, 2.05) is 0 Å². The average Bonchev–Trinajstić information content (AvgIpc) is 2.49. The Kier molecular flexibility index (Phi) is 2.03. The minimum Gasteiger partial charge on any atom is -0.295 e. The summed E-state index contributed by atoms with van der Waals surface area (Å²) in [5.74, 6) is 1.21. The van der Waals surface area contributed by atoms with E-state index >= 15 is 0 Å². The number of carbonyl (C=O) groups excluding carboxylic acids is 1. The summed E-state index contributed by atoms with van der Waals surface area (Å²) in [6, 6.07) is 0. The second-order valence-corrected chi connectivity index (χ2v) is 3.92. The molecule has 66 valence electrons. The molecule has 0 saturated heterocycles. The van der Waals surface area contributed by atoms with Crippen molar-refractivity contribution in [3.8, 4) is 0 Å². The molecule has 0 spiro atoms. The zero-order chi connectivity index (χ0) is 8.55. The van der Waals surface area contributed by atoms with Gasteiger partial charge in [0.1, 0.15) is 0 Å². The molecule has 1 unspecified atom stereocenters. The van der Waals surface area contributed by atoms with Crippen molar-refractivity contribution in [3.63, 3.8) is 0 Å². The lowest BCUT2D eigenvalue weighted by molar-refractivity contribution is -0.116. The van der Waals surface area contributed by atoms with Gasteiger partial charge in [0.2, 0.25) is 0 Å². The summed E-state index contributed by atoms with van der Waals surface area (Å²) < 4.78 is 0. The predicted molar refractivity (Wildman–Crippen MR) is 48.9 cm³/mol. The van der Waals surface area contributed by atoms with Crippen LogP contribution in [0, 0.1) is 5.92 Å². The molecular formula is C11H16O. The molecule has 0 amide bonds. The molecule has 0 radical (unpaired) electrons. The van der Waals surface area contributed by atoms with Crippen molar-refractivity contribution in [2.75, 3.05) is 0 Å². The van der Waals surface area contributed by atoms with Gasteiger partial charge in [-0.15, -0.1) is 0 Å². The Hall–Kier alpha value is -0.590. The van der Waals surface area contributed by atoms with Gasteiger partial charge in [-0.2, -0.15) is 0 Å². The topological polar surface area (TPSA) is 17.1 Å². The monoisotopic (exact) mass is 164 g/mol. The highest BCUT2D eigenvalue weighted by Gasteiger charge is 2.29. The first-order chi connectivity index (χ1) is 5.83. The van der Waals surface area contributed by atoms with Crippen LogP contribution < -0.4 is 0 Å². The number of Topliss-reactive ketones (excluding diaryl/α,β-unsaturated/α-hetero) is 1. The van der Waals surface area contributed by atoms with E-state index in [1.54, 1.807) is 0 Å². The molecule has 12 heavy (non-hydrogen) atoms. The van der Waals surface area contributed by atoms with E-state index in [-0.39, 0.29) is 0 Å². The highest BCUT2D eigenvalue weighted by Crippen LogP contribution is 2.40. The number of ketones is 1. The number of allylic oxidation sites excluding steroid dienone is 2. The zero-order valence-corrected chi connectivity index (χ0v) is 7.73. The summed E-state index contributed by atoms with van der Waals surface area (Å²) >= 11 is 0. The average molecular weight is 164 g/mol. The Balaban J connectivity index is 2.27. The standard InChI is InChI=1S/C11H16O/c1-2-8-6-7-10-9(8)4-3-5-11(10)12/h8H,2-7H2,1H3. The summed E-state index contributed by atoms with van der Waals surface area (Å²) in [5, 5.41) is 0. The molecule has 0 aromatic carbocycles. The number of hydrogen-bond donors (Lipinski definition) is 0. The summed E-state index contributed by atoms with van der Waals surface area (Å²) in [7, 11) is 0. The van der Waals surface area contributed by atoms with Gasteiger partial charge in [-0.05, 0) is 43.6 Å². The van der Waals surface area contributed by atoms with Crippen LogP contribution in [0.25, 0.3) is 0 Å². The molecule has 1 nitrogen and oxygen atoms in total. The molecule has 0 saturated carbocycles. The molecular weight excluding hydrogens is 148 g/mol. The van der Waals surface area contributed by atoms with Gasteiger partial charge in [0.25, 0.3) is 0 Å². The molecule has 0 fully saturated rings. The molecule has 0 N–H and O–H groups in total. The van der Waals surface area contributed by atoms with E-state index in [2.05, 4.69) is 6.92 Å². The van der Waals surface area contributed by atoms with Crippen molar-refractivity contribution in [3.05, 3.63) is 11.1 Å². The van der Waals surface area contributed by atoms with Crippen molar-refractivity contribution >= 4 is 5.78 Å². The molecule has 0 bridgehead atoms. The molecule has 2 aliphatic rings. The second kappa shape index (κ2) is 3.04. The summed E-state index contributed by atoms with van der Waals surface area (Å²) in [6.07, 6.45) is 6.68. The van der Waals surface area contributed by atoms with Crippen molar-refractivity contribution in [1.29, 1.82) is 0 Å². The number of carbonyl (C=O) groups is 1. The normalized spacial score (nSPS) is 29.4. The zero-order valence-electron chi connectivity index (χ0n) is 7.73. The molecule has 1 heteroatoms. The van der Waals surface area contributed by atoms with Crippen LogP contribution >= 0.6 is 0 Å². The molecule has 0 aromatic rings. The predicted octanol–water partition coefficient (Wildman–Crippen LogP) is 2.86. The van der Waals surface area contributed by atoms with Crippen LogP contribution in [0.3, 0.4) is 0 Å². The van der Waals surface area contributed by atoms with Gasteiger partial charge in [-0.3, -0.25) is 4.79 Å². The van der Waals surface area contributed by atoms with Crippen LogP contribution in [-0.2, 0) is 4.79 Å². The van der Waals surface area contributed by atoms with Gasteiger partial charge in [0.15, 0.2) is 5.78 Å². The Morgan fingerprint density at radius 2 is 2.17 bits per heavy atom. The van der Waals surface area contributed by atoms with E-state index in [9.17, 15) is 4.79 Å². The largest absolute Gasteiger partial charge is 0.295 e. The third-order valence-electron chi connectivity index (χ3n) is 3.30. The van der Waals surface area contributed by atoms with E-state index in [4.69, 9.17) is 0 Å². The maximum Gasteiger partial charge on any atom is 0.158 e. The quantitative estimate of drug-likeness (QED) is 0.582. The fraction of sp³-hybridized carbons (Fsp3) is 0.727. The van der Waals surface area contributed by atoms with Crippen LogP contribution in [-0.4, -0.2) is 5.78 Å². The lowest BCUT2D eigenvalue weighted by Gasteiger charge is -2.17. The molecule has 2 aliphatic carbocycles. The fourth-order valence-corrected chi connectivity index (χ4v) is 2.61. The first-order valence-electron chi connectivity index (χ1n) is 5.08. The van der Waals surface area contributed by atoms with Crippen LogP contribution in [0.15, 0.2) is 11.1 Å². The maximum absolute atomic E-state index is 11.5. The Morgan fingerprint density at radius 1 is 1.33 bits per heavy atom. The van der Waals surface area contributed by atoms with Crippen LogP contribution in [0.2, 0.25) is 0 Å². The van der Waals surface area contributed by atoms with Crippen LogP contribution in [0.1, 0.15) is 45.4 Å².